The number of halogens is 1. The molecular formula is C14H22FNO2. The van der Waals surface area contributed by atoms with Crippen LogP contribution < -0.4 is 5.32 Å². The molecule has 0 spiro atoms. The number of hydrogen-bond acceptors (Lipinski definition) is 3. The fourth-order valence-corrected chi connectivity index (χ4v) is 2.09. The fourth-order valence-electron chi connectivity index (χ4n) is 2.09. The third-order valence-electron chi connectivity index (χ3n) is 3.03. The van der Waals surface area contributed by atoms with Crippen LogP contribution in [0.4, 0.5) is 4.39 Å². The van der Waals surface area contributed by atoms with E-state index in [0.717, 1.165) is 6.42 Å². The summed E-state index contributed by atoms with van der Waals surface area (Å²) in [5, 5.41) is 3.34. The van der Waals surface area contributed by atoms with Crippen LogP contribution >= 0.6 is 0 Å². The van der Waals surface area contributed by atoms with Crippen molar-refractivity contribution in [1.82, 2.24) is 5.32 Å². The van der Waals surface area contributed by atoms with Gasteiger partial charge in [0.25, 0.3) is 0 Å². The van der Waals surface area contributed by atoms with Crippen LogP contribution in [0.3, 0.4) is 0 Å². The van der Waals surface area contributed by atoms with E-state index < -0.39 is 0 Å². The zero-order valence-corrected chi connectivity index (χ0v) is 11.4. The lowest BCUT2D eigenvalue weighted by atomic mass is 10.0. The highest BCUT2D eigenvalue weighted by atomic mass is 19.1. The maximum Gasteiger partial charge on any atom is 0.171 e. The van der Waals surface area contributed by atoms with Gasteiger partial charge in [0.1, 0.15) is 5.82 Å². The summed E-state index contributed by atoms with van der Waals surface area (Å²) in [6, 6.07) is 6.75. The van der Waals surface area contributed by atoms with Crippen LogP contribution in [0.25, 0.3) is 0 Å². The van der Waals surface area contributed by atoms with Gasteiger partial charge in [-0.3, -0.25) is 0 Å². The van der Waals surface area contributed by atoms with E-state index in [-0.39, 0.29) is 24.2 Å². The highest BCUT2D eigenvalue weighted by Gasteiger charge is 2.21. The van der Waals surface area contributed by atoms with E-state index >= 15 is 0 Å². The maximum absolute atomic E-state index is 13.7. The lowest BCUT2D eigenvalue weighted by Gasteiger charge is -2.27. The van der Waals surface area contributed by atoms with E-state index in [0.29, 0.717) is 5.56 Å². The van der Waals surface area contributed by atoms with Crippen molar-refractivity contribution < 1.29 is 13.9 Å². The molecule has 0 aliphatic heterocycles. The molecule has 0 fully saturated rings. The van der Waals surface area contributed by atoms with Gasteiger partial charge >= 0.3 is 0 Å². The minimum absolute atomic E-state index is 0.0236. The molecule has 18 heavy (non-hydrogen) atoms. The highest BCUT2D eigenvalue weighted by molar-refractivity contribution is 5.21. The maximum atomic E-state index is 13.7. The molecule has 0 saturated carbocycles. The third kappa shape index (κ3) is 3.77. The summed E-state index contributed by atoms with van der Waals surface area (Å²) < 4.78 is 24.1. The number of rotatable bonds is 7. The molecule has 2 atom stereocenters. The zero-order chi connectivity index (χ0) is 13.5. The lowest BCUT2D eigenvalue weighted by molar-refractivity contribution is -0.121. The van der Waals surface area contributed by atoms with E-state index in [1.165, 1.54) is 6.07 Å². The molecular weight excluding hydrogens is 233 g/mol. The molecule has 0 aliphatic carbocycles. The number of hydrogen-bond donors (Lipinski definition) is 1. The summed E-state index contributed by atoms with van der Waals surface area (Å²) >= 11 is 0. The normalized spacial score (nSPS) is 14.8. The van der Waals surface area contributed by atoms with Crippen molar-refractivity contribution in [3.63, 3.8) is 0 Å². The first-order chi connectivity index (χ1) is 8.63. The van der Waals surface area contributed by atoms with Crippen LogP contribution in [-0.4, -0.2) is 26.6 Å². The van der Waals surface area contributed by atoms with E-state index in [9.17, 15) is 4.39 Å². The molecule has 0 aliphatic rings. The van der Waals surface area contributed by atoms with E-state index in [2.05, 4.69) is 5.32 Å². The van der Waals surface area contributed by atoms with E-state index in [1.54, 1.807) is 26.4 Å². The van der Waals surface area contributed by atoms with Gasteiger partial charge in [0, 0.05) is 25.8 Å². The molecule has 0 bridgehead atoms. The Hall–Kier alpha value is -0.970. The van der Waals surface area contributed by atoms with Crippen molar-refractivity contribution in [2.24, 2.45) is 0 Å². The molecule has 0 radical (unpaired) electrons. The number of ether oxygens (including phenoxy) is 2. The van der Waals surface area contributed by atoms with Gasteiger partial charge in [0.05, 0.1) is 6.04 Å². The molecule has 1 rings (SSSR count). The molecule has 0 heterocycles. The minimum atomic E-state index is -0.342. The molecule has 4 heteroatoms. The topological polar surface area (TPSA) is 30.5 Å². The van der Waals surface area contributed by atoms with Crippen molar-refractivity contribution in [2.45, 2.75) is 38.6 Å². The first-order valence-corrected chi connectivity index (χ1v) is 6.20. The van der Waals surface area contributed by atoms with Gasteiger partial charge in [-0.05, 0) is 19.4 Å². The molecule has 1 aromatic rings. The first kappa shape index (κ1) is 15.1. The van der Waals surface area contributed by atoms with Gasteiger partial charge in [-0.15, -0.1) is 0 Å². The predicted molar refractivity (Wildman–Crippen MR) is 69.8 cm³/mol. The Morgan fingerprint density at radius 3 is 2.33 bits per heavy atom. The minimum Gasteiger partial charge on any atom is -0.354 e. The summed E-state index contributed by atoms with van der Waals surface area (Å²) in [7, 11) is 3.19. The Morgan fingerprint density at radius 1 is 1.22 bits per heavy atom. The van der Waals surface area contributed by atoms with Crippen LogP contribution in [0.5, 0.6) is 0 Å². The number of methoxy groups -OCH3 is 2. The van der Waals surface area contributed by atoms with Gasteiger partial charge in [0.2, 0.25) is 0 Å². The standard InChI is InChI=1S/C14H22FNO2/c1-5-13(11-8-6-7-9-12(11)15)16-10(2)14(17-3)18-4/h6-10,13-14,16H,5H2,1-4H3. The van der Waals surface area contributed by atoms with Crippen LogP contribution in [-0.2, 0) is 9.47 Å². The third-order valence-corrected chi connectivity index (χ3v) is 3.03. The second-order valence-electron chi connectivity index (χ2n) is 4.28. The van der Waals surface area contributed by atoms with Crippen molar-refractivity contribution in [3.8, 4) is 0 Å². The van der Waals surface area contributed by atoms with Crippen molar-refractivity contribution in [1.29, 1.82) is 0 Å². The SMILES string of the molecule is CCC(NC(C)C(OC)OC)c1ccccc1F. The summed E-state index contributed by atoms with van der Waals surface area (Å²) in [6.45, 7) is 3.98. The quantitative estimate of drug-likeness (QED) is 0.760. The van der Waals surface area contributed by atoms with Crippen molar-refractivity contribution in [2.75, 3.05) is 14.2 Å². The highest BCUT2D eigenvalue weighted by Crippen LogP contribution is 2.21. The Labute approximate surface area is 108 Å². The predicted octanol–water partition coefficient (Wildman–Crippen LogP) is 2.87. The molecule has 1 N–H and O–H groups in total. The van der Waals surface area contributed by atoms with Gasteiger partial charge in [-0.2, -0.15) is 0 Å². The van der Waals surface area contributed by atoms with Crippen LogP contribution in [0.15, 0.2) is 24.3 Å². The van der Waals surface area contributed by atoms with Gasteiger partial charge in [-0.1, -0.05) is 25.1 Å². The van der Waals surface area contributed by atoms with Crippen LogP contribution in [0, 0.1) is 5.82 Å². The summed E-state index contributed by atoms with van der Waals surface area (Å²) in [6.07, 6.45) is 0.455. The Bertz CT molecular complexity index is 355. The van der Waals surface area contributed by atoms with Crippen molar-refractivity contribution >= 4 is 0 Å². The van der Waals surface area contributed by atoms with E-state index in [1.807, 2.05) is 19.9 Å². The van der Waals surface area contributed by atoms with Crippen LogP contribution in [0.2, 0.25) is 0 Å². The first-order valence-electron chi connectivity index (χ1n) is 6.20. The molecule has 102 valence electrons. The smallest absolute Gasteiger partial charge is 0.171 e. The molecule has 1 aromatic carbocycles. The Balaban J connectivity index is 2.76. The fraction of sp³-hybridized carbons (Fsp3) is 0.571. The average molecular weight is 255 g/mol. The summed E-state index contributed by atoms with van der Waals surface area (Å²) in [5.41, 5.74) is 0.679. The van der Waals surface area contributed by atoms with Crippen LogP contribution in [0.1, 0.15) is 31.9 Å². The largest absolute Gasteiger partial charge is 0.354 e. The van der Waals surface area contributed by atoms with Gasteiger partial charge in [-0.25, -0.2) is 4.39 Å². The molecule has 0 amide bonds. The molecule has 2 unspecified atom stereocenters. The second kappa shape index (κ2) is 7.46. The second-order valence-corrected chi connectivity index (χ2v) is 4.28. The Morgan fingerprint density at radius 2 is 1.83 bits per heavy atom. The van der Waals surface area contributed by atoms with E-state index in [4.69, 9.17) is 9.47 Å². The lowest BCUT2D eigenvalue weighted by Crippen LogP contribution is -2.41. The van der Waals surface area contributed by atoms with Crippen molar-refractivity contribution in [3.05, 3.63) is 35.6 Å². The molecule has 0 saturated heterocycles. The summed E-state index contributed by atoms with van der Waals surface area (Å²) in [5.74, 6) is -0.185. The Kier molecular flexibility index (Phi) is 6.25. The zero-order valence-electron chi connectivity index (χ0n) is 11.4. The number of benzene rings is 1. The van der Waals surface area contributed by atoms with Gasteiger partial charge < -0.3 is 14.8 Å². The van der Waals surface area contributed by atoms with Gasteiger partial charge in [0.15, 0.2) is 6.29 Å². The monoisotopic (exact) mass is 255 g/mol. The summed E-state index contributed by atoms with van der Waals surface area (Å²) in [4.78, 5) is 0. The average Bonchev–Trinajstić information content (AvgIpc) is 2.38. The molecule has 3 nitrogen and oxygen atoms in total. The number of nitrogens with one attached hydrogen (secondary N) is 1. The molecule has 0 aromatic heterocycles.